The summed E-state index contributed by atoms with van der Waals surface area (Å²) in [6.45, 7) is 3.38. The van der Waals surface area contributed by atoms with E-state index in [9.17, 15) is 4.79 Å². The zero-order chi connectivity index (χ0) is 21.2. The van der Waals surface area contributed by atoms with Gasteiger partial charge in [0.15, 0.2) is 17.1 Å². The van der Waals surface area contributed by atoms with Crippen molar-refractivity contribution in [1.29, 1.82) is 0 Å². The molecule has 0 fully saturated rings. The number of carbonyl (C=O) groups excluding carboxylic acids is 1. The van der Waals surface area contributed by atoms with E-state index in [1.54, 1.807) is 10.9 Å². The van der Waals surface area contributed by atoms with Crippen LogP contribution in [0.25, 0.3) is 22.3 Å². The van der Waals surface area contributed by atoms with Crippen LogP contribution in [0, 0.1) is 0 Å². The van der Waals surface area contributed by atoms with Gasteiger partial charge in [0.25, 0.3) is 5.91 Å². The lowest BCUT2D eigenvalue weighted by Gasteiger charge is -2.26. The fourth-order valence-electron chi connectivity index (χ4n) is 3.69. The van der Waals surface area contributed by atoms with E-state index in [-0.39, 0.29) is 12.0 Å². The second-order valence-electron chi connectivity index (χ2n) is 7.33. The van der Waals surface area contributed by atoms with Crippen LogP contribution in [0.5, 0.6) is 11.5 Å². The zero-order valence-corrected chi connectivity index (χ0v) is 17.1. The Morgan fingerprint density at radius 3 is 2.71 bits per heavy atom. The van der Waals surface area contributed by atoms with E-state index in [4.69, 9.17) is 14.5 Å². The van der Waals surface area contributed by atoms with Crippen LogP contribution < -0.4 is 14.8 Å². The number of nitrogens with one attached hydrogen (secondary N) is 1. The highest BCUT2D eigenvalue weighted by Gasteiger charge is 2.23. The van der Waals surface area contributed by atoms with Gasteiger partial charge in [0, 0.05) is 12.1 Å². The summed E-state index contributed by atoms with van der Waals surface area (Å²) >= 11 is 0. The second kappa shape index (κ2) is 8.10. The van der Waals surface area contributed by atoms with Gasteiger partial charge in [0.1, 0.15) is 12.7 Å². The molecular weight excluding hydrogens is 392 g/mol. The lowest BCUT2D eigenvalue weighted by Crippen LogP contribution is -2.40. The molecule has 0 radical (unpaired) electrons. The van der Waals surface area contributed by atoms with Gasteiger partial charge in [-0.3, -0.25) is 4.79 Å². The van der Waals surface area contributed by atoms with Crippen LogP contribution >= 0.6 is 0 Å². The van der Waals surface area contributed by atoms with Crippen molar-refractivity contribution in [3.63, 3.8) is 0 Å². The predicted molar refractivity (Wildman–Crippen MR) is 117 cm³/mol. The monoisotopic (exact) mass is 414 g/mol. The van der Waals surface area contributed by atoms with Gasteiger partial charge in [-0.1, -0.05) is 42.5 Å². The number of fused-ring (bicyclic) bond motifs is 2. The van der Waals surface area contributed by atoms with Crippen molar-refractivity contribution in [3.8, 4) is 22.8 Å². The fraction of sp³-hybridized carbons (Fsp3) is 0.208. The molecule has 0 saturated carbocycles. The third-order valence-corrected chi connectivity index (χ3v) is 5.28. The molecule has 3 heterocycles. The van der Waals surface area contributed by atoms with Crippen molar-refractivity contribution in [3.05, 3.63) is 72.4 Å². The number of hydrogen-bond donors (Lipinski definition) is 1. The maximum atomic E-state index is 13.2. The summed E-state index contributed by atoms with van der Waals surface area (Å²) in [4.78, 5) is 17.9. The summed E-state index contributed by atoms with van der Waals surface area (Å²) in [5.41, 5.74) is 2.92. The molecule has 31 heavy (non-hydrogen) atoms. The predicted octanol–water partition coefficient (Wildman–Crippen LogP) is 3.69. The molecule has 7 nitrogen and oxygen atoms in total. The smallest absolute Gasteiger partial charge is 0.252 e. The van der Waals surface area contributed by atoms with E-state index in [0.717, 1.165) is 22.4 Å². The third-order valence-electron chi connectivity index (χ3n) is 5.28. The Balaban J connectivity index is 1.41. The minimum atomic E-state index is -0.261. The molecule has 0 spiro atoms. The van der Waals surface area contributed by atoms with Crippen molar-refractivity contribution in [2.24, 2.45) is 0 Å². The van der Waals surface area contributed by atoms with Crippen LogP contribution in [-0.4, -0.2) is 39.9 Å². The molecule has 1 atom stereocenters. The molecule has 2 aromatic heterocycles. The number of nitrogens with zero attached hydrogens (tertiary/aromatic N) is 3. The van der Waals surface area contributed by atoms with Crippen molar-refractivity contribution >= 4 is 16.9 Å². The summed E-state index contributed by atoms with van der Waals surface area (Å²) in [6.07, 6.45) is 1.44. The van der Waals surface area contributed by atoms with E-state index in [1.807, 2.05) is 67.6 Å². The maximum Gasteiger partial charge on any atom is 0.252 e. The summed E-state index contributed by atoms with van der Waals surface area (Å²) in [5.74, 6) is 1.22. The van der Waals surface area contributed by atoms with Crippen molar-refractivity contribution in [1.82, 2.24) is 20.1 Å². The molecule has 1 amide bonds. The van der Waals surface area contributed by atoms with Gasteiger partial charge in [0.2, 0.25) is 0 Å². The Morgan fingerprint density at radius 2 is 1.90 bits per heavy atom. The number of aryl methyl sites for hydroxylation is 1. The van der Waals surface area contributed by atoms with Gasteiger partial charge in [-0.15, -0.1) is 0 Å². The highest BCUT2D eigenvalue weighted by Crippen LogP contribution is 2.31. The first-order valence-electron chi connectivity index (χ1n) is 10.3. The molecule has 156 valence electrons. The Labute approximate surface area is 179 Å². The summed E-state index contributed by atoms with van der Waals surface area (Å²) in [5, 5.41) is 8.11. The first-order valence-corrected chi connectivity index (χ1v) is 10.3. The summed E-state index contributed by atoms with van der Waals surface area (Å²) < 4.78 is 13.5. The number of hydrogen-bond acceptors (Lipinski definition) is 5. The van der Waals surface area contributed by atoms with Crippen LogP contribution in [0.4, 0.5) is 0 Å². The van der Waals surface area contributed by atoms with Gasteiger partial charge >= 0.3 is 0 Å². The highest BCUT2D eigenvalue weighted by molar-refractivity contribution is 6.06. The second-order valence-corrected chi connectivity index (χ2v) is 7.33. The first kappa shape index (κ1) is 19.1. The Hall–Kier alpha value is -3.87. The Morgan fingerprint density at radius 1 is 1.13 bits per heavy atom. The number of pyridine rings is 1. The molecular formula is C24H22N4O3. The minimum absolute atomic E-state index is 0.192. The molecule has 2 aromatic carbocycles. The average molecular weight is 414 g/mol. The Kier molecular flexibility index (Phi) is 5.00. The molecule has 0 aliphatic carbocycles. The van der Waals surface area contributed by atoms with Crippen molar-refractivity contribution < 1.29 is 14.3 Å². The first-order chi connectivity index (χ1) is 15.2. The summed E-state index contributed by atoms with van der Waals surface area (Å²) in [7, 11) is 0. The lowest BCUT2D eigenvalue weighted by atomic mass is 10.1. The number of rotatable bonds is 5. The van der Waals surface area contributed by atoms with E-state index in [1.165, 1.54) is 0 Å². The molecule has 1 aliphatic heterocycles. The molecule has 5 rings (SSSR count). The topological polar surface area (TPSA) is 78.3 Å². The molecule has 4 aromatic rings. The van der Waals surface area contributed by atoms with Crippen LogP contribution in [0.15, 0.2) is 66.9 Å². The number of amides is 1. The molecule has 0 saturated heterocycles. The molecule has 7 heteroatoms. The van der Waals surface area contributed by atoms with Gasteiger partial charge < -0.3 is 14.8 Å². The quantitative estimate of drug-likeness (QED) is 0.539. The van der Waals surface area contributed by atoms with E-state index < -0.39 is 0 Å². The Bertz CT molecular complexity index is 1240. The van der Waals surface area contributed by atoms with Crippen LogP contribution in [0.1, 0.15) is 17.3 Å². The average Bonchev–Trinajstić information content (AvgIpc) is 3.25. The van der Waals surface area contributed by atoms with E-state index in [2.05, 4.69) is 10.4 Å². The van der Waals surface area contributed by atoms with Gasteiger partial charge in [-0.05, 0) is 25.1 Å². The highest BCUT2D eigenvalue weighted by atomic mass is 16.6. The number of carbonyl (C=O) groups is 1. The molecule has 1 unspecified atom stereocenters. The molecule has 0 bridgehead atoms. The van der Waals surface area contributed by atoms with Crippen LogP contribution in [-0.2, 0) is 6.54 Å². The number of benzene rings is 2. The van der Waals surface area contributed by atoms with Gasteiger partial charge in [-0.2, -0.15) is 5.10 Å². The third kappa shape index (κ3) is 3.70. The minimum Gasteiger partial charge on any atom is -0.486 e. The van der Waals surface area contributed by atoms with Crippen molar-refractivity contribution in [2.75, 3.05) is 13.2 Å². The molecule has 1 N–H and O–H groups in total. The van der Waals surface area contributed by atoms with E-state index in [0.29, 0.717) is 36.7 Å². The number of para-hydroxylation sites is 2. The number of aromatic nitrogens is 3. The van der Waals surface area contributed by atoms with E-state index >= 15 is 0 Å². The lowest BCUT2D eigenvalue weighted by molar-refractivity contribution is 0.0790. The van der Waals surface area contributed by atoms with Crippen LogP contribution in [0.2, 0.25) is 0 Å². The fourth-order valence-corrected chi connectivity index (χ4v) is 3.69. The van der Waals surface area contributed by atoms with Gasteiger partial charge in [-0.25, -0.2) is 9.67 Å². The zero-order valence-electron chi connectivity index (χ0n) is 17.1. The largest absolute Gasteiger partial charge is 0.486 e. The molecule has 1 aliphatic rings. The van der Waals surface area contributed by atoms with Gasteiger partial charge in [0.05, 0.1) is 29.4 Å². The summed E-state index contributed by atoms with van der Waals surface area (Å²) in [6, 6.07) is 19.2. The maximum absolute atomic E-state index is 13.2. The van der Waals surface area contributed by atoms with Crippen molar-refractivity contribution in [2.45, 2.75) is 19.6 Å². The number of ether oxygens (including phenoxy) is 2. The normalized spacial score (nSPS) is 15.1. The standard InChI is InChI=1S/C24H22N4O3/c1-2-28-23-19(14-26-28)18(12-20(27-23)16-8-4-3-5-9-16)24(29)25-13-17-15-30-21-10-6-7-11-22(21)31-17/h3-12,14,17H,2,13,15H2,1H3,(H,25,29). The SMILES string of the molecule is CCn1ncc2c(C(=O)NCC3COc4ccccc4O3)cc(-c3ccccc3)nc21. The van der Waals surface area contributed by atoms with Crippen LogP contribution in [0.3, 0.4) is 0 Å².